The molecule has 1 aliphatic rings. The van der Waals surface area contributed by atoms with Crippen LogP contribution in [0.2, 0.25) is 0 Å². The highest BCUT2D eigenvalue weighted by molar-refractivity contribution is 7.52. The van der Waals surface area contributed by atoms with Gasteiger partial charge in [-0.15, -0.1) is 18.8 Å². The largest absolute Gasteiger partial charge is 0.329 e. The normalized spacial score (nSPS) is 41.2. The van der Waals surface area contributed by atoms with E-state index in [2.05, 4.69) is 16.4 Å². The molecule has 64 valence electrons. The molecule has 0 radical (unpaired) electrons. The maximum atomic E-state index is 11.0. The first-order valence-corrected chi connectivity index (χ1v) is 5.24. The van der Waals surface area contributed by atoms with Crippen LogP contribution in [0.5, 0.6) is 0 Å². The third-order valence-corrected chi connectivity index (χ3v) is 3.20. The van der Waals surface area contributed by atoms with Gasteiger partial charge in [-0.25, -0.2) is 0 Å². The molecule has 0 aromatic rings. The van der Waals surface area contributed by atoms with Gasteiger partial charge >= 0.3 is 7.60 Å². The smallest absolute Gasteiger partial charge is 0.324 e. The van der Waals surface area contributed by atoms with E-state index in [0.29, 0.717) is 0 Å². The van der Waals surface area contributed by atoms with Gasteiger partial charge in [0.2, 0.25) is 0 Å². The van der Waals surface area contributed by atoms with Gasteiger partial charge in [-0.1, -0.05) is 5.92 Å². The Morgan fingerprint density at radius 2 is 2.00 bits per heavy atom. The lowest BCUT2D eigenvalue weighted by molar-refractivity contribution is 0.193. The molecule has 0 amide bonds. The molecule has 4 heteroatoms. The average molecular weight is 184 g/mol. The van der Waals surface area contributed by atoms with Crippen LogP contribution in [-0.4, -0.2) is 17.7 Å². The monoisotopic (exact) mass is 184 g/mol. The molecule has 1 aliphatic heterocycles. The predicted molar refractivity (Wildman–Crippen MR) is 45.3 cm³/mol. The zero-order valence-electron chi connectivity index (χ0n) is 6.43. The first-order valence-electron chi connectivity index (χ1n) is 3.47. The molecule has 0 aliphatic carbocycles. The highest BCUT2D eigenvalue weighted by atomic mass is 31.2. The van der Waals surface area contributed by atoms with Crippen molar-refractivity contribution in [3.05, 3.63) is 0 Å². The lowest BCUT2D eigenvalue weighted by atomic mass is 9.96. The Labute approximate surface area is 71.7 Å². The van der Waals surface area contributed by atoms with Crippen LogP contribution in [-0.2, 0) is 9.09 Å². The fourth-order valence-electron chi connectivity index (χ4n) is 1.07. The van der Waals surface area contributed by atoms with Crippen LogP contribution in [0.15, 0.2) is 0 Å². The van der Waals surface area contributed by atoms with E-state index in [0.717, 1.165) is 0 Å². The molecule has 1 heterocycles. The van der Waals surface area contributed by atoms with Crippen molar-refractivity contribution in [1.82, 2.24) is 0 Å². The molecule has 0 aromatic carbocycles. The van der Waals surface area contributed by atoms with Crippen molar-refractivity contribution in [3.63, 3.8) is 0 Å². The Morgan fingerprint density at radius 3 is 2.50 bits per heavy atom. The topological polar surface area (TPSA) is 46.5 Å². The SMILES string of the molecule is C#CC1COP(=O)(O)CC1C#C. The van der Waals surface area contributed by atoms with Gasteiger partial charge in [0.25, 0.3) is 0 Å². The van der Waals surface area contributed by atoms with Crippen molar-refractivity contribution in [2.75, 3.05) is 12.8 Å². The molecule has 0 bridgehead atoms. The maximum absolute atomic E-state index is 11.0. The summed E-state index contributed by atoms with van der Waals surface area (Å²) in [6.07, 6.45) is 10.3. The van der Waals surface area contributed by atoms with E-state index in [1.54, 1.807) is 0 Å². The standard InChI is InChI=1S/C8H9O3P/c1-3-7-5-11-12(9,10)6-8(7)4-2/h1-2,7-8H,5-6H2,(H,9,10). The Hall–Kier alpha value is -0.730. The Morgan fingerprint density at radius 1 is 1.42 bits per heavy atom. The molecular weight excluding hydrogens is 175 g/mol. The summed E-state index contributed by atoms with van der Waals surface area (Å²) in [6.45, 7) is 0.0825. The molecule has 1 rings (SSSR count). The zero-order chi connectivity index (χ0) is 9.19. The second kappa shape index (κ2) is 3.33. The maximum Gasteiger partial charge on any atom is 0.329 e. The second-order valence-corrected chi connectivity index (χ2v) is 4.56. The minimum atomic E-state index is -3.45. The van der Waals surface area contributed by atoms with E-state index in [4.69, 9.17) is 17.7 Å². The molecule has 0 saturated carbocycles. The highest BCUT2D eigenvalue weighted by Crippen LogP contribution is 2.49. The van der Waals surface area contributed by atoms with Crippen LogP contribution in [0.4, 0.5) is 0 Å². The van der Waals surface area contributed by atoms with E-state index >= 15 is 0 Å². The van der Waals surface area contributed by atoms with Gasteiger partial charge in [0.05, 0.1) is 18.7 Å². The van der Waals surface area contributed by atoms with Crippen LogP contribution < -0.4 is 0 Å². The molecular formula is C8H9O3P. The molecule has 3 unspecified atom stereocenters. The fourth-order valence-corrected chi connectivity index (χ4v) is 2.43. The summed E-state index contributed by atoms with van der Waals surface area (Å²) in [5, 5.41) is 0. The van der Waals surface area contributed by atoms with Crippen LogP contribution in [0, 0.1) is 36.5 Å². The van der Waals surface area contributed by atoms with Gasteiger partial charge in [-0.3, -0.25) is 4.57 Å². The number of hydrogen-bond acceptors (Lipinski definition) is 2. The Balaban J connectivity index is 2.76. The zero-order valence-corrected chi connectivity index (χ0v) is 7.33. The molecule has 1 saturated heterocycles. The van der Waals surface area contributed by atoms with Gasteiger partial charge < -0.3 is 9.42 Å². The van der Waals surface area contributed by atoms with Crippen molar-refractivity contribution in [2.45, 2.75) is 0 Å². The number of rotatable bonds is 0. The van der Waals surface area contributed by atoms with Crippen LogP contribution in [0.25, 0.3) is 0 Å². The average Bonchev–Trinajstić information content (AvgIpc) is 2.03. The molecule has 12 heavy (non-hydrogen) atoms. The van der Waals surface area contributed by atoms with Gasteiger partial charge in [0.1, 0.15) is 0 Å². The Bertz CT molecular complexity index is 296. The summed E-state index contributed by atoms with van der Waals surface area (Å²) in [6, 6.07) is 0. The minimum absolute atomic E-state index is 0.0294. The lowest BCUT2D eigenvalue weighted by Crippen LogP contribution is -2.26. The molecule has 3 nitrogen and oxygen atoms in total. The summed E-state index contributed by atoms with van der Waals surface area (Å²) < 4.78 is 15.7. The van der Waals surface area contributed by atoms with Gasteiger partial charge in [0.15, 0.2) is 0 Å². The summed E-state index contributed by atoms with van der Waals surface area (Å²) in [4.78, 5) is 9.06. The summed E-state index contributed by atoms with van der Waals surface area (Å²) in [5.41, 5.74) is 0. The molecule has 1 N–H and O–H groups in total. The Kier molecular flexibility index (Phi) is 2.60. The quantitative estimate of drug-likeness (QED) is 0.445. The van der Waals surface area contributed by atoms with E-state index in [1.807, 2.05) is 0 Å². The minimum Gasteiger partial charge on any atom is -0.324 e. The van der Waals surface area contributed by atoms with Crippen molar-refractivity contribution in [1.29, 1.82) is 0 Å². The molecule has 1 fully saturated rings. The summed E-state index contributed by atoms with van der Waals surface area (Å²) >= 11 is 0. The summed E-state index contributed by atoms with van der Waals surface area (Å²) in [7, 11) is -3.45. The second-order valence-electron chi connectivity index (χ2n) is 2.66. The summed E-state index contributed by atoms with van der Waals surface area (Å²) in [5.74, 6) is 4.28. The van der Waals surface area contributed by atoms with Crippen molar-refractivity contribution in [3.8, 4) is 24.7 Å². The predicted octanol–water partition coefficient (Wildman–Crippen LogP) is 0.701. The van der Waals surface area contributed by atoms with E-state index in [9.17, 15) is 4.57 Å². The van der Waals surface area contributed by atoms with Gasteiger partial charge in [0, 0.05) is 5.92 Å². The first kappa shape index (κ1) is 9.36. The molecule has 3 atom stereocenters. The number of hydrogen-bond donors (Lipinski definition) is 1. The van der Waals surface area contributed by atoms with Crippen LogP contribution >= 0.6 is 7.60 Å². The van der Waals surface area contributed by atoms with E-state index in [1.165, 1.54) is 0 Å². The van der Waals surface area contributed by atoms with Crippen molar-refractivity contribution >= 4 is 7.60 Å². The third-order valence-electron chi connectivity index (χ3n) is 1.80. The first-order chi connectivity index (χ1) is 5.59. The van der Waals surface area contributed by atoms with Crippen LogP contribution in [0.3, 0.4) is 0 Å². The molecule has 0 aromatic heterocycles. The third kappa shape index (κ3) is 1.90. The fraction of sp³-hybridized carbons (Fsp3) is 0.500. The van der Waals surface area contributed by atoms with E-state index < -0.39 is 7.60 Å². The van der Waals surface area contributed by atoms with Gasteiger partial charge in [-0.2, -0.15) is 0 Å². The van der Waals surface area contributed by atoms with Gasteiger partial charge in [-0.05, 0) is 0 Å². The molecule has 0 spiro atoms. The van der Waals surface area contributed by atoms with Crippen molar-refractivity contribution < 1.29 is 14.0 Å². The lowest BCUT2D eigenvalue weighted by Gasteiger charge is -2.27. The van der Waals surface area contributed by atoms with Crippen LogP contribution in [0.1, 0.15) is 0 Å². The van der Waals surface area contributed by atoms with Crippen molar-refractivity contribution in [2.24, 2.45) is 11.8 Å². The van der Waals surface area contributed by atoms with E-state index in [-0.39, 0.29) is 24.6 Å². The number of terminal acetylenes is 2. The highest BCUT2D eigenvalue weighted by Gasteiger charge is 2.35.